The summed E-state index contributed by atoms with van der Waals surface area (Å²) in [4.78, 5) is 0. The lowest BCUT2D eigenvalue weighted by Gasteiger charge is -1.83. The largest absolute Gasteiger partial charge is 0.368 e. The van der Waals surface area contributed by atoms with Gasteiger partial charge in [-0.05, 0) is 26.1 Å². The molecule has 0 saturated heterocycles. The molecule has 0 radical (unpaired) electrons. The lowest BCUT2D eigenvalue weighted by molar-refractivity contribution is 1.19. The van der Waals surface area contributed by atoms with Crippen molar-refractivity contribution in [2.75, 3.05) is 0 Å². The molecular weight excluding hydrogens is 134 g/mol. The van der Waals surface area contributed by atoms with E-state index >= 15 is 0 Å². The second-order valence-electron chi connectivity index (χ2n) is 1.55. The highest BCUT2D eigenvalue weighted by atomic mass is 14.8. The van der Waals surface area contributed by atoms with Crippen molar-refractivity contribution in [3.8, 4) is 0 Å². The average molecular weight is 155 g/mol. The van der Waals surface area contributed by atoms with Gasteiger partial charge in [0.2, 0.25) is 0 Å². The second-order valence-corrected chi connectivity index (χ2v) is 1.55. The lowest BCUT2D eigenvalue weighted by atomic mass is 10.5. The molecule has 0 spiro atoms. The number of hydrogen-bond acceptors (Lipinski definition) is 1. The minimum absolute atomic E-state index is 0. The van der Waals surface area contributed by atoms with Crippen LogP contribution in [0, 0.1) is 0 Å². The maximum atomic E-state index is 2.96. The van der Waals surface area contributed by atoms with E-state index in [2.05, 4.69) is 5.32 Å². The van der Waals surface area contributed by atoms with E-state index in [1.807, 2.05) is 64.4 Å². The Kier molecular flexibility index (Phi) is 18.4. The summed E-state index contributed by atoms with van der Waals surface area (Å²) < 4.78 is 0. The van der Waals surface area contributed by atoms with Gasteiger partial charge in [0.15, 0.2) is 0 Å². The van der Waals surface area contributed by atoms with Gasteiger partial charge in [0, 0.05) is 7.63 Å². The number of rotatable bonds is 3. The molecule has 0 unspecified atom stereocenters. The Balaban J connectivity index is -0.000000249. The summed E-state index contributed by atoms with van der Waals surface area (Å²) in [5, 5.41) is 2.96. The van der Waals surface area contributed by atoms with Crippen LogP contribution >= 0.6 is 0 Å². The normalized spacial score (nSPS) is 10.5. The van der Waals surface area contributed by atoms with Gasteiger partial charge in [-0.1, -0.05) is 32.1 Å². The summed E-state index contributed by atoms with van der Waals surface area (Å²) in [5.74, 6) is 0. The van der Waals surface area contributed by atoms with Crippen molar-refractivity contribution in [3.05, 3.63) is 36.7 Å². The third kappa shape index (κ3) is 17.6. The van der Waals surface area contributed by atoms with E-state index in [1.54, 1.807) is 0 Å². The Bertz CT molecular complexity index is 126. The van der Waals surface area contributed by atoms with Crippen molar-refractivity contribution in [3.63, 3.8) is 0 Å². The van der Waals surface area contributed by atoms with Crippen LogP contribution in [-0.4, -0.2) is 0 Å². The molecule has 1 nitrogen and oxygen atoms in total. The van der Waals surface area contributed by atoms with Gasteiger partial charge < -0.3 is 5.32 Å². The van der Waals surface area contributed by atoms with Crippen LogP contribution in [0.5, 0.6) is 0 Å². The van der Waals surface area contributed by atoms with Crippen LogP contribution in [0.2, 0.25) is 0 Å². The zero-order chi connectivity index (χ0) is 8.95. The molecule has 0 aromatic carbocycles. The molecule has 0 aromatic rings. The molecule has 0 fully saturated rings. The second kappa shape index (κ2) is 16.0. The molecule has 0 amide bonds. The van der Waals surface area contributed by atoms with Crippen molar-refractivity contribution < 1.29 is 1.43 Å². The molecule has 1 N–H and O–H groups in total. The molecule has 11 heavy (non-hydrogen) atoms. The van der Waals surface area contributed by atoms with E-state index < -0.39 is 0 Å². The highest BCUT2D eigenvalue weighted by Crippen LogP contribution is 1.72. The Morgan fingerprint density at radius 1 is 0.909 bits per heavy atom. The van der Waals surface area contributed by atoms with Gasteiger partial charge in [0.1, 0.15) is 0 Å². The molecule has 0 aliphatic carbocycles. The molecule has 1 heteroatoms. The maximum Gasteiger partial charge on any atom is 0.000418 e. The lowest BCUT2D eigenvalue weighted by Crippen LogP contribution is -1.88. The topological polar surface area (TPSA) is 12.0 Å². The molecule has 66 valence electrons. The summed E-state index contributed by atoms with van der Waals surface area (Å²) in [7, 11) is 0. The van der Waals surface area contributed by atoms with Crippen LogP contribution < -0.4 is 5.32 Å². The highest BCUT2D eigenvalue weighted by Gasteiger charge is 1.59. The molecular formula is C10H21N. The first-order valence-electron chi connectivity index (χ1n) is 4.07. The number of nitrogens with one attached hydrogen (secondary N) is 1. The van der Waals surface area contributed by atoms with Gasteiger partial charge >= 0.3 is 0 Å². The zero-order valence-electron chi connectivity index (χ0n) is 7.96. The summed E-state index contributed by atoms with van der Waals surface area (Å²) in [6.45, 7) is 7.95. The molecule has 0 aliphatic heterocycles. The van der Waals surface area contributed by atoms with Gasteiger partial charge in [0.25, 0.3) is 0 Å². The molecule has 0 rings (SSSR count). The first-order chi connectivity index (χ1) is 5.41. The summed E-state index contributed by atoms with van der Waals surface area (Å²) >= 11 is 0. The van der Waals surface area contributed by atoms with Crippen LogP contribution in [0.25, 0.3) is 0 Å². The van der Waals surface area contributed by atoms with E-state index in [1.165, 1.54) is 0 Å². The van der Waals surface area contributed by atoms with Crippen molar-refractivity contribution in [1.82, 2.24) is 5.32 Å². The van der Waals surface area contributed by atoms with Crippen molar-refractivity contribution in [2.45, 2.75) is 27.7 Å². The molecule has 0 aliphatic rings. The number of hydrogen-bond donors (Lipinski definition) is 1. The first kappa shape index (κ1) is 12.7. The van der Waals surface area contributed by atoms with E-state index in [0.29, 0.717) is 0 Å². The van der Waals surface area contributed by atoms with Crippen LogP contribution in [-0.2, 0) is 0 Å². The maximum absolute atomic E-state index is 2.96. The van der Waals surface area contributed by atoms with E-state index in [4.69, 9.17) is 0 Å². The third-order valence-corrected chi connectivity index (χ3v) is 0.759. The zero-order valence-corrected chi connectivity index (χ0v) is 7.96. The molecule has 0 bridgehead atoms. The van der Waals surface area contributed by atoms with E-state index in [-0.39, 0.29) is 1.43 Å². The Hall–Kier alpha value is -0.980. The van der Waals surface area contributed by atoms with E-state index in [9.17, 15) is 0 Å². The van der Waals surface area contributed by atoms with Gasteiger partial charge in [-0.15, -0.1) is 0 Å². The Labute approximate surface area is 72.0 Å². The van der Waals surface area contributed by atoms with E-state index in [0.717, 1.165) is 0 Å². The van der Waals surface area contributed by atoms with Crippen molar-refractivity contribution in [1.29, 1.82) is 0 Å². The monoisotopic (exact) mass is 155 g/mol. The molecule has 0 heterocycles. The van der Waals surface area contributed by atoms with Gasteiger partial charge in [-0.25, -0.2) is 0 Å². The van der Waals surface area contributed by atoms with Crippen LogP contribution in [0.15, 0.2) is 36.7 Å². The molecule has 0 atom stereocenters. The Morgan fingerprint density at radius 3 is 2.00 bits per heavy atom. The van der Waals surface area contributed by atoms with Gasteiger partial charge in [-0.3, -0.25) is 0 Å². The van der Waals surface area contributed by atoms with Gasteiger partial charge in [0.05, 0.1) is 0 Å². The Morgan fingerprint density at radius 2 is 1.55 bits per heavy atom. The van der Waals surface area contributed by atoms with Crippen molar-refractivity contribution in [2.24, 2.45) is 0 Å². The third-order valence-electron chi connectivity index (χ3n) is 0.759. The molecule has 0 aromatic heterocycles. The summed E-state index contributed by atoms with van der Waals surface area (Å²) in [6.07, 6.45) is 11.6. The highest BCUT2D eigenvalue weighted by molar-refractivity contribution is 5.01. The minimum atomic E-state index is 0. The summed E-state index contributed by atoms with van der Waals surface area (Å²) in [5.41, 5.74) is 0. The quantitative estimate of drug-likeness (QED) is 0.615. The standard InChI is InChI=1S/C8H13N.C2H6.H2/c1-3-5-6-8-9-7-4-2;1-2;/h3-9H,1-2H3;1-2H3;1H/b5-3+,7-4+,8-6-;;. The predicted molar refractivity (Wildman–Crippen MR) is 55.4 cm³/mol. The minimum Gasteiger partial charge on any atom is -0.368 e. The predicted octanol–water partition coefficient (Wildman–Crippen LogP) is 3.47. The SMILES string of the molecule is C/C=C/C=C\N/C=C/C.CC.[HH]. The summed E-state index contributed by atoms with van der Waals surface area (Å²) in [6, 6.07) is 0. The van der Waals surface area contributed by atoms with Crippen molar-refractivity contribution >= 4 is 0 Å². The number of allylic oxidation sites excluding steroid dienone is 4. The fourth-order valence-electron chi connectivity index (χ4n) is 0.374. The van der Waals surface area contributed by atoms with Gasteiger partial charge in [-0.2, -0.15) is 0 Å². The first-order valence-corrected chi connectivity index (χ1v) is 4.07. The fourth-order valence-corrected chi connectivity index (χ4v) is 0.374. The molecule has 0 saturated carbocycles. The fraction of sp³-hybridized carbons (Fsp3) is 0.400. The van der Waals surface area contributed by atoms with Crippen LogP contribution in [0.3, 0.4) is 0 Å². The van der Waals surface area contributed by atoms with Crippen LogP contribution in [0.1, 0.15) is 29.1 Å². The smallest absolute Gasteiger partial charge is 0.000418 e. The average Bonchev–Trinajstić information content (AvgIpc) is 2.08. The van der Waals surface area contributed by atoms with Crippen LogP contribution in [0.4, 0.5) is 0 Å².